The van der Waals surface area contributed by atoms with Gasteiger partial charge in [-0.1, -0.05) is 41.9 Å². The van der Waals surface area contributed by atoms with Crippen molar-refractivity contribution in [1.29, 1.82) is 0 Å². The predicted molar refractivity (Wildman–Crippen MR) is 130 cm³/mol. The molecule has 1 aliphatic heterocycles. The van der Waals surface area contributed by atoms with E-state index < -0.39 is 24.3 Å². The van der Waals surface area contributed by atoms with Crippen LogP contribution in [0.3, 0.4) is 0 Å². The van der Waals surface area contributed by atoms with Crippen molar-refractivity contribution < 1.29 is 23.8 Å². The van der Waals surface area contributed by atoms with E-state index in [1.165, 1.54) is 0 Å². The number of hydrogen-bond donors (Lipinski definition) is 1. The van der Waals surface area contributed by atoms with Crippen molar-refractivity contribution in [3.8, 4) is 11.5 Å². The van der Waals surface area contributed by atoms with Crippen molar-refractivity contribution in [1.82, 2.24) is 5.32 Å². The summed E-state index contributed by atoms with van der Waals surface area (Å²) < 4.78 is 16.8. The number of amides is 2. The van der Waals surface area contributed by atoms with E-state index in [0.717, 1.165) is 5.56 Å². The number of anilines is 1. The van der Waals surface area contributed by atoms with Gasteiger partial charge in [-0.3, -0.25) is 4.90 Å². The van der Waals surface area contributed by atoms with Gasteiger partial charge in [0, 0.05) is 16.8 Å². The van der Waals surface area contributed by atoms with Gasteiger partial charge in [0.2, 0.25) is 0 Å². The molecule has 0 spiro atoms. The summed E-state index contributed by atoms with van der Waals surface area (Å²) in [6, 6.07) is 23.2. The van der Waals surface area contributed by atoms with Gasteiger partial charge in [-0.05, 0) is 67.9 Å². The lowest BCUT2D eigenvalue weighted by molar-refractivity contribution is 0.0620. The first-order valence-electron chi connectivity index (χ1n) is 10.9. The van der Waals surface area contributed by atoms with Gasteiger partial charge in [0.1, 0.15) is 24.1 Å². The molecule has 3 aromatic rings. The number of hydrogen-bond acceptors (Lipinski definition) is 5. The Hall–Kier alpha value is -3.71. The van der Waals surface area contributed by atoms with Gasteiger partial charge in [-0.15, -0.1) is 0 Å². The summed E-state index contributed by atoms with van der Waals surface area (Å²) in [4.78, 5) is 26.5. The van der Waals surface area contributed by atoms with Gasteiger partial charge >= 0.3 is 12.2 Å². The third-order valence-electron chi connectivity index (χ3n) is 5.17. The molecule has 2 amide bonds. The number of rotatable bonds is 7. The van der Waals surface area contributed by atoms with Crippen LogP contribution in [0.4, 0.5) is 15.3 Å². The first-order chi connectivity index (χ1) is 16.4. The highest BCUT2D eigenvalue weighted by Crippen LogP contribution is 2.38. The average molecular weight is 481 g/mol. The van der Waals surface area contributed by atoms with Crippen molar-refractivity contribution >= 4 is 29.5 Å². The highest BCUT2D eigenvalue weighted by molar-refractivity contribution is 6.30. The molecule has 1 aliphatic rings. The second-order valence-corrected chi connectivity index (χ2v) is 8.53. The Morgan fingerprint density at radius 3 is 2.24 bits per heavy atom. The maximum atomic E-state index is 12.9. The lowest BCUT2D eigenvalue weighted by Gasteiger charge is -2.25. The third kappa shape index (κ3) is 5.61. The molecule has 1 heterocycles. The lowest BCUT2D eigenvalue weighted by atomic mass is 10.0. The van der Waals surface area contributed by atoms with E-state index in [-0.39, 0.29) is 12.6 Å². The van der Waals surface area contributed by atoms with Gasteiger partial charge in [-0.25, -0.2) is 9.59 Å². The summed E-state index contributed by atoms with van der Waals surface area (Å²) in [6.07, 6.45) is -1.74. The van der Waals surface area contributed by atoms with E-state index >= 15 is 0 Å². The van der Waals surface area contributed by atoms with E-state index in [0.29, 0.717) is 22.2 Å². The molecule has 0 unspecified atom stereocenters. The quantitative estimate of drug-likeness (QED) is 0.427. The van der Waals surface area contributed by atoms with Crippen LogP contribution in [0.5, 0.6) is 11.5 Å². The number of halogens is 1. The minimum absolute atomic E-state index is 0.0614. The maximum Gasteiger partial charge on any atom is 0.415 e. The van der Waals surface area contributed by atoms with E-state index in [9.17, 15) is 9.59 Å². The molecule has 4 rings (SSSR count). The van der Waals surface area contributed by atoms with Crippen LogP contribution in [-0.2, 0) is 9.47 Å². The Bertz CT molecular complexity index is 1120. The molecule has 2 atom stereocenters. The van der Waals surface area contributed by atoms with E-state index in [2.05, 4.69) is 5.32 Å². The second-order valence-electron chi connectivity index (χ2n) is 8.10. The molecule has 8 heteroatoms. The van der Waals surface area contributed by atoms with Crippen molar-refractivity contribution in [2.75, 3.05) is 11.5 Å². The van der Waals surface area contributed by atoms with Crippen LogP contribution in [0.1, 0.15) is 25.5 Å². The van der Waals surface area contributed by atoms with E-state index in [1.54, 1.807) is 53.4 Å². The fourth-order valence-corrected chi connectivity index (χ4v) is 3.81. The average Bonchev–Trinajstić information content (AvgIpc) is 3.16. The molecule has 1 N–H and O–H groups in total. The predicted octanol–water partition coefficient (Wildman–Crippen LogP) is 6.33. The van der Waals surface area contributed by atoms with Crippen LogP contribution < -0.4 is 15.0 Å². The molecule has 3 aromatic carbocycles. The van der Waals surface area contributed by atoms with Gasteiger partial charge in [0.25, 0.3) is 0 Å². The zero-order chi connectivity index (χ0) is 24.1. The largest absolute Gasteiger partial charge is 0.457 e. The maximum absolute atomic E-state index is 12.9. The first kappa shape index (κ1) is 23.4. The molecule has 0 saturated carbocycles. The Morgan fingerprint density at radius 1 is 1.00 bits per heavy atom. The molecule has 0 aliphatic carbocycles. The number of nitrogens with one attached hydrogen (secondary N) is 1. The Kier molecular flexibility index (Phi) is 7.23. The summed E-state index contributed by atoms with van der Waals surface area (Å²) in [5.41, 5.74) is 1.50. The number of nitrogens with zero attached hydrogens (tertiary/aromatic N) is 1. The molecule has 7 nitrogen and oxygen atoms in total. The number of ether oxygens (including phenoxy) is 3. The third-order valence-corrected chi connectivity index (χ3v) is 5.42. The Labute approximate surface area is 203 Å². The van der Waals surface area contributed by atoms with Gasteiger partial charge in [0.15, 0.2) is 6.10 Å². The fourth-order valence-electron chi connectivity index (χ4n) is 3.68. The molecule has 34 heavy (non-hydrogen) atoms. The van der Waals surface area contributed by atoms with Crippen LogP contribution in [-0.4, -0.2) is 30.9 Å². The second kappa shape index (κ2) is 10.5. The smallest absolute Gasteiger partial charge is 0.415 e. The van der Waals surface area contributed by atoms with Crippen molar-refractivity contribution in [3.05, 3.63) is 89.4 Å². The molecule has 0 bridgehead atoms. The highest BCUT2D eigenvalue weighted by Gasteiger charge is 2.44. The Balaban J connectivity index is 1.54. The summed E-state index contributed by atoms with van der Waals surface area (Å²) in [7, 11) is 0. The van der Waals surface area contributed by atoms with Crippen molar-refractivity contribution in [3.63, 3.8) is 0 Å². The molecule has 0 radical (unpaired) electrons. The standard InChI is InChI=1S/C26H25ClN2O5/c1-17(2)28-25(30)32-16-23-24(18-6-4-3-5-7-18)29(26(31)34-23)20-10-14-22(15-11-20)33-21-12-8-19(27)9-13-21/h3-15,17,23-24H,16H2,1-2H3,(H,28,30)/t23-,24-/m0/s1. The zero-order valence-corrected chi connectivity index (χ0v) is 19.6. The van der Waals surface area contributed by atoms with Crippen LogP contribution >= 0.6 is 11.6 Å². The van der Waals surface area contributed by atoms with Crippen LogP contribution in [0, 0.1) is 0 Å². The fraction of sp³-hybridized carbons (Fsp3) is 0.231. The molecular formula is C26H25ClN2O5. The minimum atomic E-state index is -0.669. The molecule has 1 fully saturated rings. The lowest BCUT2D eigenvalue weighted by Crippen LogP contribution is -2.35. The summed E-state index contributed by atoms with van der Waals surface area (Å²) in [5, 5.41) is 3.30. The minimum Gasteiger partial charge on any atom is -0.457 e. The van der Waals surface area contributed by atoms with Crippen molar-refractivity contribution in [2.45, 2.75) is 32.0 Å². The molecular weight excluding hydrogens is 456 g/mol. The SMILES string of the molecule is CC(C)NC(=O)OC[C@@H]1OC(=O)N(c2ccc(Oc3ccc(Cl)cc3)cc2)[C@H]1c1ccccc1. The number of carbonyl (C=O) groups excluding carboxylic acids is 2. The number of alkyl carbamates (subject to hydrolysis) is 1. The van der Waals surface area contributed by atoms with Gasteiger partial charge in [0.05, 0.1) is 0 Å². The zero-order valence-electron chi connectivity index (χ0n) is 18.8. The summed E-state index contributed by atoms with van der Waals surface area (Å²) >= 11 is 5.92. The van der Waals surface area contributed by atoms with E-state index in [1.807, 2.05) is 44.2 Å². The van der Waals surface area contributed by atoms with Crippen LogP contribution in [0.25, 0.3) is 0 Å². The summed E-state index contributed by atoms with van der Waals surface area (Å²) in [6.45, 7) is 3.61. The number of benzene rings is 3. The topological polar surface area (TPSA) is 77.1 Å². The number of carbonyl (C=O) groups is 2. The van der Waals surface area contributed by atoms with Crippen LogP contribution in [0.15, 0.2) is 78.9 Å². The highest BCUT2D eigenvalue weighted by atomic mass is 35.5. The van der Waals surface area contributed by atoms with Crippen LogP contribution in [0.2, 0.25) is 5.02 Å². The molecule has 1 saturated heterocycles. The summed E-state index contributed by atoms with van der Waals surface area (Å²) in [5.74, 6) is 1.26. The Morgan fingerprint density at radius 2 is 1.62 bits per heavy atom. The normalized spacial score (nSPS) is 17.4. The number of cyclic esters (lactones) is 1. The monoisotopic (exact) mass is 480 g/mol. The molecule has 0 aromatic heterocycles. The first-order valence-corrected chi connectivity index (χ1v) is 11.3. The van der Waals surface area contributed by atoms with Crippen molar-refractivity contribution in [2.24, 2.45) is 0 Å². The van der Waals surface area contributed by atoms with Gasteiger partial charge in [-0.2, -0.15) is 0 Å². The van der Waals surface area contributed by atoms with E-state index in [4.69, 9.17) is 25.8 Å². The molecule has 176 valence electrons. The van der Waals surface area contributed by atoms with Gasteiger partial charge < -0.3 is 19.5 Å².